The second kappa shape index (κ2) is 3.42. The lowest BCUT2D eigenvalue weighted by molar-refractivity contribution is 1.09. The minimum Gasteiger partial charge on any atom is -0.354 e. The highest BCUT2D eigenvalue weighted by Crippen LogP contribution is 2.32. The van der Waals surface area contributed by atoms with E-state index in [9.17, 15) is 0 Å². The maximum absolute atomic E-state index is 4.46. The first-order chi connectivity index (χ1) is 6.68. The van der Waals surface area contributed by atoms with Crippen molar-refractivity contribution in [3.05, 3.63) is 18.2 Å². The summed E-state index contributed by atoms with van der Waals surface area (Å²) in [5.41, 5.74) is 2.08. The van der Waals surface area contributed by atoms with Crippen LogP contribution in [0.3, 0.4) is 0 Å². The van der Waals surface area contributed by atoms with Crippen molar-refractivity contribution in [2.24, 2.45) is 0 Å². The zero-order chi connectivity index (χ0) is 10.1. The molecule has 14 heavy (non-hydrogen) atoms. The van der Waals surface area contributed by atoms with Gasteiger partial charge in [-0.1, -0.05) is 11.3 Å². The van der Waals surface area contributed by atoms with Gasteiger partial charge in [0, 0.05) is 14.1 Å². The summed E-state index contributed by atoms with van der Waals surface area (Å²) in [5.74, 6) is 0. The molecule has 0 aliphatic heterocycles. The topological polar surface area (TPSA) is 44.8 Å². The van der Waals surface area contributed by atoms with E-state index in [1.165, 1.54) is 0 Å². The quantitative estimate of drug-likeness (QED) is 0.820. The van der Waals surface area contributed by atoms with E-state index < -0.39 is 0 Å². The summed E-state index contributed by atoms with van der Waals surface area (Å²) in [6.07, 6.45) is 3.50. The van der Waals surface area contributed by atoms with E-state index in [-0.39, 0.29) is 0 Å². The van der Waals surface area contributed by atoms with Crippen molar-refractivity contribution in [1.82, 2.24) is 15.0 Å². The van der Waals surface area contributed by atoms with Crippen LogP contribution >= 0.6 is 11.3 Å². The molecule has 0 fully saturated rings. The van der Waals surface area contributed by atoms with E-state index >= 15 is 0 Å². The van der Waals surface area contributed by atoms with Crippen LogP contribution in [0, 0.1) is 6.92 Å². The molecule has 2 aromatic heterocycles. The third kappa shape index (κ3) is 1.50. The molecule has 5 heteroatoms. The summed E-state index contributed by atoms with van der Waals surface area (Å²) >= 11 is 1.67. The van der Waals surface area contributed by atoms with Crippen molar-refractivity contribution in [2.75, 3.05) is 19.0 Å². The minimum absolute atomic E-state index is 1.02. The van der Waals surface area contributed by atoms with Crippen molar-refractivity contribution in [3.8, 4) is 10.6 Å². The number of hydrogen-bond acceptors (Lipinski definition) is 4. The van der Waals surface area contributed by atoms with Gasteiger partial charge in [0.15, 0.2) is 5.13 Å². The number of rotatable bonds is 2. The van der Waals surface area contributed by atoms with Gasteiger partial charge in [-0.15, -0.1) is 0 Å². The predicted octanol–water partition coefficient (Wildman–Crippen LogP) is 1.91. The van der Waals surface area contributed by atoms with Crippen molar-refractivity contribution < 1.29 is 0 Å². The molecule has 0 aromatic carbocycles. The maximum Gasteiger partial charge on any atom is 0.185 e. The summed E-state index contributed by atoms with van der Waals surface area (Å²) in [4.78, 5) is 14.7. The molecule has 0 radical (unpaired) electrons. The Morgan fingerprint density at radius 1 is 1.43 bits per heavy atom. The normalized spacial score (nSPS) is 10.5. The van der Waals surface area contributed by atoms with E-state index in [4.69, 9.17) is 0 Å². The molecule has 0 saturated heterocycles. The number of anilines is 1. The van der Waals surface area contributed by atoms with Gasteiger partial charge in [-0.05, 0) is 6.92 Å². The lowest BCUT2D eigenvalue weighted by Gasteiger charge is -2.04. The first kappa shape index (κ1) is 9.21. The van der Waals surface area contributed by atoms with Crippen LogP contribution in [-0.4, -0.2) is 29.0 Å². The van der Waals surface area contributed by atoms with Crippen molar-refractivity contribution in [2.45, 2.75) is 6.92 Å². The highest BCUT2D eigenvalue weighted by atomic mass is 32.1. The maximum atomic E-state index is 4.46. The van der Waals surface area contributed by atoms with E-state index in [0.29, 0.717) is 0 Å². The average molecular weight is 208 g/mol. The van der Waals surface area contributed by atoms with Crippen molar-refractivity contribution in [3.63, 3.8) is 0 Å². The number of nitrogens with one attached hydrogen (secondary N) is 1. The van der Waals surface area contributed by atoms with E-state index in [0.717, 1.165) is 21.4 Å². The minimum atomic E-state index is 1.02. The van der Waals surface area contributed by atoms with Crippen LogP contribution in [0.1, 0.15) is 5.69 Å². The van der Waals surface area contributed by atoms with Crippen LogP contribution in [0.2, 0.25) is 0 Å². The fourth-order valence-electron chi connectivity index (χ4n) is 1.20. The van der Waals surface area contributed by atoms with Gasteiger partial charge in [0.25, 0.3) is 0 Å². The first-order valence-electron chi connectivity index (χ1n) is 4.32. The number of H-pyrrole nitrogens is 1. The molecular weight excluding hydrogens is 196 g/mol. The van der Waals surface area contributed by atoms with Crippen LogP contribution in [0.25, 0.3) is 10.6 Å². The second-order valence-electron chi connectivity index (χ2n) is 3.27. The Labute approximate surface area is 86.6 Å². The van der Waals surface area contributed by atoms with Gasteiger partial charge in [-0.2, -0.15) is 0 Å². The summed E-state index contributed by atoms with van der Waals surface area (Å²) < 4.78 is 0. The molecule has 0 aliphatic carbocycles. The Kier molecular flexibility index (Phi) is 2.25. The lowest BCUT2D eigenvalue weighted by Crippen LogP contribution is -2.07. The third-order valence-electron chi connectivity index (χ3n) is 1.91. The Morgan fingerprint density at radius 3 is 2.71 bits per heavy atom. The van der Waals surface area contributed by atoms with Gasteiger partial charge in [0.2, 0.25) is 0 Å². The standard InChI is InChI=1S/C9H12N4S/c1-6-8(7-4-10-5-11-7)14-9(12-6)13(2)3/h4-5H,1-3H3,(H,10,11). The largest absolute Gasteiger partial charge is 0.354 e. The summed E-state index contributed by atoms with van der Waals surface area (Å²) in [6.45, 7) is 2.01. The SMILES string of the molecule is Cc1nc(N(C)C)sc1-c1cnc[nH]1. The van der Waals surface area contributed by atoms with E-state index in [2.05, 4.69) is 15.0 Å². The summed E-state index contributed by atoms with van der Waals surface area (Å²) in [5, 5.41) is 1.02. The van der Waals surface area contributed by atoms with Crippen LogP contribution in [0.4, 0.5) is 5.13 Å². The average Bonchev–Trinajstić information content (AvgIpc) is 2.71. The molecule has 2 rings (SSSR count). The second-order valence-corrected chi connectivity index (χ2v) is 4.25. The number of imidazole rings is 1. The monoisotopic (exact) mass is 208 g/mol. The first-order valence-corrected chi connectivity index (χ1v) is 5.13. The Balaban J connectivity index is 2.45. The van der Waals surface area contributed by atoms with Crippen LogP contribution in [0.15, 0.2) is 12.5 Å². The predicted molar refractivity (Wildman–Crippen MR) is 58.8 cm³/mol. The van der Waals surface area contributed by atoms with Crippen LogP contribution < -0.4 is 4.90 Å². The fraction of sp³-hybridized carbons (Fsp3) is 0.333. The zero-order valence-electron chi connectivity index (χ0n) is 8.40. The number of aromatic nitrogens is 3. The molecule has 4 nitrogen and oxygen atoms in total. The molecule has 74 valence electrons. The molecule has 0 bridgehead atoms. The van der Waals surface area contributed by atoms with Gasteiger partial charge < -0.3 is 9.88 Å². The van der Waals surface area contributed by atoms with Gasteiger partial charge >= 0.3 is 0 Å². The Hall–Kier alpha value is -1.36. The molecule has 0 atom stereocenters. The molecule has 2 aromatic rings. The van der Waals surface area contributed by atoms with Crippen LogP contribution in [0.5, 0.6) is 0 Å². The summed E-state index contributed by atoms with van der Waals surface area (Å²) in [7, 11) is 3.99. The highest BCUT2D eigenvalue weighted by molar-refractivity contribution is 7.19. The fourth-order valence-corrected chi connectivity index (χ4v) is 2.17. The van der Waals surface area contributed by atoms with Crippen molar-refractivity contribution >= 4 is 16.5 Å². The van der Waals surface area contributed by atoms with Gasteiger partial charge in [0.1, 0.15) is 0 Å². The number of nitrogens with zero attached hydrogens (tertiary/aromatic N) is 3. The summed E-state index contributed by atoms with van der Waals surface area (Å²) in [6, 6.07) is 0. The molecule has 0 spiro atoms. The third-order valence-corrected chi connectivity index (χ3v) is 3.27. The van der Waals surface area contributed by atoms with Gasteiger partial charge in [-0.25, -0.2) is 9.97 Å². The Bertz CT molecular complexity index is 416. The molecule has 0 unspecified atom stereocenters. The molecule has 0 amide bonds. The Morgan fingerprint density at radius 2 is 2.21 bits per heavy atom. The van der Waals surface area contributed by atoms with E-state index in [1.807, 2.05) is 32.1 Å². The number of aromatic amines is 1. The van der Waals surface area contributed by atoms with E-state index in [1.54, 1.807) is 17.7 Å². The zero-order valence-corrected chi connectivity index (χ0v) is 9.22. The lowest BCUT2D eigenvalue weighted by atomic mass is 10.3. The molecular formula is C9H12N4S. The molecule has 2 heterocycles. The van der Waals surface area contributed by atoms with Gasteiger partial charge in [-0.3, -0.25) is 0 Å². The highest BCUT2D eigenvalue weighted by Gasteiger charge is 2.11. The van der Waals surface area contributed by atoms with Gasteiger partial charge in [0.05, 0.1) is 28.8 Å². The van der Waals surface area contributed by atoms with Crippen LogP contribution in [-0.2, 0) is 0 Å². The molecule has 1 N–H and O–H groups in total. The van der Waals surface area contributed by atoms with Crippen molar-refractivity contribution in [1.29, 1.82) is 0 Å². The number of hydrogen-bond donors (Lipinski definition) is 1. The smallest absolute Gasteiger partial charge is 0.185 e. The number of thiazole rings is 1. The number of aryl methyl sites for hydroxylation is 1. The molecule has 0 aliphatic rings. The molecule has 0 saturated carbocycles.